The third kappa shape index (κ3) is 8.96. The van der Waals surface area contributed by atoms with E-state index in [2.05, 4.69) is 5.32 Å². The van der Waals surface area contributed by atoms with Gasteiger partial charge in [-0.25, -0.2) is 12.7 Å². The number of hydrogen-bond acceptors (Lipinski definition) is 4. The van der Waals surface area contributed by atoms with E-state index in [1.165, 1.54) is 10.6 Å². The standard InChI is InChI=1S/C12H27N3O3S/c1-4-7-11(13)10-12(16)14-8-6-9-15(5-2)19(3,17)18/h11H,4-10,13H2,1-3H3,(H,14,16). The molecule has 19 heavy (non-hydrogen) atoms. The van der Waals surface area contributed by atoms with E-state index in [0.29, 0.717) is 32.5 Å². The molecule has 114 valence electrons. The van der Waals surface area contributed by atoms with Crippen LogP contribution >= 0.6 is 0 Å². The molecule has 6 nitrogen and oxygen atoms in total. The van der Waals surface area contributed by atoms with Crippen LogP contribution in [0.15, 0.2) is 0 Å². The van der Waals surface area contributed by atoms with Crippen LogP contribution in [0.4, 0.5) is 0 Å². The summed E-state index contributed by atoms with van der Waals surface area (Å²) in [5.74, 6) is -0.0663. The van der Waals surface area contributed by atoms with Crippen molar-refractivity contribution in [3.8, 4) is 0 Å². The average Bonchev–Trinajstić information content (AvgIpc) is 2.27. The molecule has 3 N–H and O–H groups in total. The highest BCUT2D eigenvalue weighted by Gasteiger charge is 2.13. The summed E-state index contributed by atoms with van der Waals surface area (Å²) in [4.78, 5) is 11.5. The average molecular weight is 293 g/mol. The highest BCUT2D eigenvalue weighted by Crippen LogP contribution is 2.00. The number of nitrogens with two attached hydrogens (primary N) is 1. The number of carbonyl (C=O) groups excluding carboxylic acids is 1. The van der Waals surface area contributed by atoms with Gasteiger partial charge < -0.3 is 11.1 Å². The summed E-state index contributed by atoms with van der Waals surface area (Å²) in [5.41, 5.74) is 5.77. The van der Waals surface area contributed by atoms with Crippen LogP contribution in [-0.4, -0.2) is 50.6 Å². The van der Waals surface area contributed by atoms with Crippen LogP contribution < -0.4 is 11.1 Å². The van der Waals surface area contributed by atoms with E-state index in [1.54, 1.807) is 6.92 Å². The molecule has 0 bridgehead atoms. The minimum absolute atomic E-state index is 0.0663. The maximum atomic E-state index is 11.5. The molecule has 0 aliphatic carbocycles. The van der Waals surface area contributed by atoms with Gasteiger partial charge >= 0.3 is 0 Å². The second-order valence-electron chi connectivity index (χ2n) is 4.71. The maximum Gasteiger partial charge on any atom is 0.221 e. The smallest absolute Gasteiger partial charge is 0.221 e. The van der Waals surface area contributed by atoms with Gasteiger partial charge in [0.1, 0.15) is 0 Å². The summed E-state index contributed by atoms with van der Waals surface area (Å²) < 4.78 is 24.1. The topological polar surface area (TPSA) is 92.5 Å². The lowest BCUT2D eigenvalue weighted by Crippen LogP contribution is -2.35. The lowest BCUT2D eigenvalue weighted by atomic mass is 10.1. The maximum absolute atomic E-state index is 11.5. The van der Waals surface area contributed by atoms with E-state index < -0.39 is 10.0 Å². The van der Waals surface area contributed by atoms with E-state index in [9.17, 15) is 13.2 Å². The number of sulfonamides is 1. The van der Waals surface area contributed by atoms with Crippen molar-refractivity contribution in [2.75, 3.05) is 25.9 Å². The van der Waals surface area contributed by atoms with Crippen molar-refractivity contribution in [1.29, 1.82) is 0 Å². The van der Waals surface area contributed by atoms with Crippen LogP contribution in [0.3, 0.4) is 0 Å². The number of amides is 1. The molecule has 1 unspecified atom stereocenters. The first-order valence-corrected chi connectivity index (χ1v) is 8.63. The molecule has 0 rings (SSSR count). The number of rotatable bonds is 10. The molecule has 0 heterocycles. The zero-order valence-electron chi connectivity index (χ0n) is 12.2. The van der Waals surface area contributed by atoms with E-state index in [0.717, 1.165) is 12.8 Å². The third-order valence-electron chi connectivity index (χ3n) is 2.84. The zero-order chi connectivity index (χ0) is 14.9. The van der Waals surface area contributed by atoms with Crippen LogP contribution in [-0.2, 0) is 14.8 Å². The fourth-order valence-corrected chi connectivity index (χ4v) is 2.75. The van der Waals surface area contributed by atoms with Crippen LogP contribution in [0.25, 0.3) is 0 Å². The lowest BCUT2D eigenvalue weighted by Gasteiger charge is -2.17. The summed E-state index contributed by atoms with van der Waals surface area (Å²) in [5, 5.41) is 2.76. The number of carbonyl (C=O) groups is 1. The highest BCUT2D eigenvalue weighted by atomic mass is 32.2. The summed E-state index contributed by atoms with van der Waals surface area (Å²) >= 11 is 0. The number of nitrogens with zero attached hydrogens (tertiary/aromatic N) is 1. The summed E-state index contributed by atoms with van der Waals surface area (Å²) in [6.07, 6.45) is 3.94. The van der Waals surface area contributed by atoms with Gasteiger partial charge in [0.25, 0.3) is 0 Å². The van der Waals surface area contributed by atoms with Crippen LogP contribution in [0.1, 0.15) is 39.5 Å². The van der Waals surface area contributed by atoms with Crippen LogP contribution in [0.2, 0.25) is 0 Å². The van der Waals surface area contributed by atoms with Crippen molar-refractivity contribution in [2.45, 2.75) is 45.6 Å². The van der Waals surface area contributed by atoms with Gasteiger partial charge in [-0.2, -0.15) is 0 Å². The molecule has 0 aliphatic rings. The van der Waals surface area contributed by atoms with Gasteiger partial charge in [-0.1, -0.05) is 20.3 Å². The second kappa shape index (κ2) is 9.28. The summed E-state index contributed by atoms with van der Waals surface area (Å²) in [6.45, 7) is 5.18. The molecule has 0 saturated heterocycles. The SMILES string of the molecule is CCCC(N)CC(=O)NCCCN(CC)S(C)(=O)=O. The van der Waals surface area contributed by atoms with Gasteiger partial charge in [0, 0.05) is 32.1 Å². The Morgan fingerprint density at radius 1 is 1.37 bits per heavy atom. The molecule has 7 heteroatoms. The van der Waals surface area contributed by atoms with Crippen molar-refractivity contribution in [2.24, 2.45) is 5.73 Å². The predicted octanol–water partition coefficient (Wildman–Crippen LogP) is 0.292. The normalized spacial score (nSPS) is 13.5. The van der Waals surface area contributed by atoms with Gasteiger partial charge in [0.2, 0.25) is 15.9 Å². The van der Waals surface area contributed by atoms with Crippen molar-refractivity contribution in [1.82, 2.24) is 9.62 Å². The van der Waals surface area contributed by atoms with Crippen molar-refractivity contribution < 1.29 is 13.2 Å². The molecule has 0 saturated carbocycles. The monoisotopic (exact) mass is 293 g/mol. The Morgan fingerprint density at radius 2 is 2.00 bits per heavy atom. The Bertz CT molecular complexity index is 357. The van der Waals surface area contributed by atoms with Gasteiger partial charge in [-0.3, -0.25) is 4.79 Å². The van der Waals surface area contributed by atoms with Crippen molar-refractivity contribution in [3.05, 3.63) is 0 Å². The Kier molecular flexibility index (Phi) is 8.95. The summed E-state index contributed by atoms with van der Waals surface area (Å²) in [6, 6.07) is -0.0897. The molecule has 1 amide bonds. The Morgan fingerprint density at radius 3 is 2.47 bits per heavy atom. The predicted molar refractivity (Wildman–Crippen MR) is 77.2 cm³/mol. The van der Waals surface area contributed by atoms with Gasteiger partial charge in [0.05, 0.1) is 6.26 Å². The van der Waals surface area contributed by atoms with E-state index in [4.69, 9.17) is 5.73 Å². The van der Waals surface area contributed by atoms with Gasteiger partial charge in [-0.15, -0.1) is 0 Å². The Hall–Kier alpha value is -0.660. The Labute approximate surface area is 116 Å². The molecule has 0 aromatic carbocycles. The van der Waals surface area contributed by atoms with E-state index in [-0.39, 0.29) is 11.9 Å². The van der Waals surface area contributed by atoms with Gasteiger partial charge in [-0.05, 0) is 12.8 Å². The zero-order valence-corrected chi connectivity index (χ0v) is 13.0. The molecule has 0 fully saturated rings. The molecule has 1 atom stereocenters. The first-order valence-electron chi connectivity index (χ1n) is 6.78. The second-order valence-corrected chi connectivity index (χ2v) is 6.69. The Balaban J connectivity index is 3.83. The fourth-order valence-electron chi connectivity index (χ4n) is 1.82. The fraction of sp³-hybridized carbons (Fsp3) is 0.917. The first kappa shape index (κ1) is 18.3. The van der Waals surface area contributed by atoms with Crippen LogP contribution in [0.5, 0.6) is 0 Å². The molecule has 0 aromatic heterocycles. The number of hydrogen-bond donors (Lipinski definition) is 2. The number of nitrogens with one attached hydrogen (secondary N) is 1. The summed E-state index contributed by atoms with van der Waals surface area (Å²) in [7, 11) is -3.14. The van der Waals surface area contributed by atoms with E-state index >= 15 is 0 Å². The molecule has 0 aromatic rings. The van der Waals surface area contributed by atoms with Crippen LogP contribution in [0, 0.1) is 0 Å². The van der Waals surface area contributed by atoms with Crippen molar-refractivity contribution >= 4 is 15.9 Å². The minimum atomic E-state index is -3.14. The van der Waals surface area contributed by atoms with Crippen molar-refractivity contribution in [3.63, 3.8) is 0 Å². The molecule has 0 radical (unpaired) electrons. The molecule has 0 aliphatic heterocycles. The first-order chi connectivity index (χ1) is 8.81. The minimum Gasteiger partial charge on any atom is -0.356 e. The molecule has 0 spiro atoms. The lowest BCUT2D eigenvalue weighted by molar-refractivity contribution is -0.121. The largest absolute Gasteiger partial charge is 0.356 e. The quantitative estimate of drug-likeness (QED) is 0.566. The van der Waals surface area contributed by atoms with E-state index in [1.807, 2.05) is 6.92 Å². The molecular weight excluding hydrogens is 266 g/mol. The molecular formula is C12H27N3O3S. The van der Waals surface area contributed by atoms with Gasteiger partial charge in [0.15, 0.2) is 0 Å². The highest BCUT2D eigenvalue weighted by molar-refractivity contribution is 7.88. The third-order valence-corrected chi connectivity index (χ3v) is 4.21.